The molecule has 0 bridgehead atoms. The lowest BCUT2D eigenvalue weighted by molar-refractivity contribution is 0.626. The van der Waals surface area contributed by atoms with Crippen molar-refractivity contribution < 1.29 is 4.39 Å². The number of benzene rings is 1. The number of rotatable bonds is 1. The van der Waals surface area contributed by atoms with E-state index in [0.717, 1.165) is 18.5 Å². The normalized spacial score (nSPS) is 18.6. The zero-order valence-electron chi connectivity index (χ0n) is 6.68. The Morgan fingerprint density at radius 3 is 2.83 bits per heavy atom. The van der Waals surface area contributed by atoms with Crippen LogP contribution in [0.5, 0.6) is 0 Å². The molecule has 62 valence electrons. The minimum Gasteiger partial charge on any atom is -0.388 e. The molecule has 0 amide bonds. The minimum absolute atomic E-state index is 0.177. The van der Waals surface area contributed by atoms with E-state index < -0.39 is 0 Å². The molecule has 1 aliphatic rings. The van der Waals surface area contributed by atoms with Crippen molar-refractivity contribution in [3.8, 4) is 0 Å². The number of halogens is 1. The van der Waals surface area contributed by atoms with Gasteiger partial charge in [-0.15, -0.1) is 0 Å². The molecule has 0 saturated carbocycles. The summed E-state index contributed by atoms with van der Waals surface area (Å²) in [6, 6.07) is 6.61. The third-order valence-electron chi connectivity index (χ3n) is 1.94. The molecule has 1 aromatic carbocycles. The van der Waals surface area contributed by atoms with Crippen LogP contribution in [-0.2, 0) is 0 Å². The molecule has 0 radical (unpaired) electrons. The Morgan fingerprint density at radius 2 is 2.25 bits per heavy atom. The summed E-state index contributed by atoms with van der Waals surface area (Å²) in [6.45, 7) is 1.04. The topological polar surface area (TPSA) is 12.0 Å². The molecule has 0 spiro atoms. The second-order valence-electron chi connectivity index (χ2n) is 2.90. The molecule has 1 heterocycles. The lowest BCUT2D eigenvalue weighted by atomic mass is 10.1. The first-order valence-electron chi connectivity index (χ1n) is 4.04. The van der Waals surface area contributed by atoms with Crippen LogP contribution in [-0.4, -0.2) is 6.54 Å². The van der Waals surface area contributed by atoms with Gasteiger partial charge in [0.1, 0.15) is 5.82 Å². The maximum atomic E-state index is 12.7. The van der Waals surface area contributed by atoms with E-state index in [0.29, 0.717) is 0 Å². The summed E-state index contributed by atoms with van der Waals surface area (Å²) in [6.07, 6.45) is 3.06. The van der Waals surface area contributed by atoms with Gasteiger partial charge in [0.2, 0.25) is 0 Å². The van der Waals surface area contributed by atoms with Gasteiger partial charge in [-0.05, 0) is 23.8 Å². The lowest BCUT2D eigenvalue weighted by Crippen LogP contribution is -2.27. The van der Waals surface area contributed by atoms with Crippen LogP contribution in [0.25, 0.3) is 6.08 Å². The largest absolute Gasteiger partial charge is 0.388 e. The predicted molar refractivity (Wildman–Crippen MR) is 47.0 cm³/mol. The fraction of sp³-hybridized carbons (Fsp3) is 0.200. The second kappa shape index (κ2) is 2.97. The molecule has 1 saturated heterocycles. The Bertz CT molecular complexity index is 311. The van der Waals surface area contributed by atoms with Gasteiger partial charge < -0.3 is 5.32 Å². The molecular weight excluding hydrogens is 153 g/mol. The van der Waals surface area contributed by atoms with Gasteiger partial charge in [0.15, 0.2) is 0 Å². The summed E-state index contributed by atoms with van der Waals surface area (Å²) in [7, 11) is 0. The summed E-state index contributed by atoms with van der Waals surface area (Å²) in [4.78, 5) is 0. The zero-order valence-corrected chi connectivity index (χ0v) is 6.68. The number of nitrogens with one attached hydrogen (secondary N) is 1. The molecular formula is C10H10FN. The van der Waals surface area contributed by atoms with Gasteiger partial charge in [0, 0.05) is 18.7 Å². The summed E-state index contributed by atoms with van der Waals surface area (Å²) < 4.78 is 12.7. The SMILES string of the molecule is Fc1cccc(C=C2CCN2)c1. The Kier molecular flexibility index (Phi) is 1.82. The van der Waals surface area contributed by atoms with Crippen LogP contribution in [0.2, 0.25) is 0 Å². The van der Waals surface area contributed by atoms with Crippen molar-refractivity contribution in [1.82, 2.24) is 5.32 Å². The standard InChI is InChI=1S/C10H10FN/c11-9-3-1-2-8(6-9)7-10-4-5-12-10/h1-3,6-7,12H,4-5H2. The highest BCUT2D eigenvalue weighted by Crippen LogP contribution is 2.13. The maximum absolute atomic E-state index is 12.7. The lowest BCUT2D eigenvalue weighted by Gasteiger charge is -2.19. The quantitative estimate of drug-likeness (QED) is 0.669. The van der Waals surface area contributed by atoms with Gasteiger partial charge in [-0.2, -0.15) is 0 Å². The summed E-state index contributed by atoms with van der Waals surface area (Å²) in [5, 5.41) is 3.15. The van der Waals surface area contributed by atoms with Gasteiger partial charge in [-0.25, -0.2) is 4.39 Å². The van der Waals surface area contributed by atoms with Crippen LogP contribution < -0.4 is 5.32 Å². The Balaban J connectivity index is 2.22. The Hall–Kier alpha value is -1.31. The van der Waals surface area contributed by atoms with Crippen LogP contribution in [0.4, 0.5) is 4.39 Å². The van der Waals surface area contributed by atoms with Gasteiger partial charge in [0.25, 0.3) is 0 Å². The predicted octanol–water partition coefficient (Wildman–Crippen LogP) is 2.16. The van der Waals surface area contributed by atoms with E-state index in [1.807, 2.05) is 12.1 Å². The van der Waals surface area contributed by atoms with E-state index in [9.17, 15) is 4.39 Å². The highest BCUT2D eigenvalue weighted by atomic mass is 19.1. The molecule has 1 nitrogen and oxygen atoms in total. The zero-order chi connectivity index (χ0) is 8.39. The molecule has 1 aromatic rings. The van der Waals surface area contributed by atoms with Crippen LogP contribution in [0.1, 0.15) is 12.0 Å². The number of hydrogen-bond acceptors (Lipinski definition) is 1. The molecule has 1 N–H and O–H groups in total. The summed E-state index contributed by atoms with van der Waals surface area (Å²) >= 11 is 0. The molecule has 12 heavy (non-hydrogen) atoms. The van der Waals surface area contributed by atoms with Crippen molar-refractivity contribution in [2.45, 2.75) is 6.42 Å². The maximum Gasteiger partial charge on any atom is 0.123 e. The van der Waals surface area contributed by atoms with Crippen LogP contribution in [0.15, 0.2) is 30.0 Å². The second-order valence-corrected chi connectivity index (χ2v) is 2.90. The summed E-state index contributed by atoms with van der Waals surface area (Å²) in [5.74, 6) is -0.177. The van der Waals surface area contributed by atoms with Gasteiger partial charge in [-0.3, -0.25) is 0 Å². The third-order valence-corrected chi connectivity index (χ3v) is 1.94. The molecule has 0 unspecified atom stereocenters. The monoisotopic (exact) mass is 163 g/mol. The molecule has 1 fully saturated rings. The molecule has 0 aliphatic carbocycles. The first-order valence-corrected chi connectivity index (χ1v) is 4.04. The van der Waals surface area contributed by atoms with Crippen molar-refractivity contribution in [2.75, 3.05) is 6.54 Å². The van der Waals surface area contributed by atoms with Gasteiger partial charge >= 0.3 is 0 Å². The van der Waals surface area contributed by atoms with E-state index in [2.05, 4.69) is 5.32 Å². The van der Waals surface area contributed by atoms with Crippen molar-refractivity contribution in [1.29, 1.82) is 0 Å². The van der Waals surface area contributed by atoms with Crippen molar-refractivity contribution in [3.05, 3.63) is 41.3 Å². The average Bonchev–Trinajstić information content (AvgIpc) is 1.97. The molecule has 1 aliphatic heterocycles. The molecule has 0 aromatic heterocycles. The van der Waals surface area contributed by atoms with Crippen molar-refractivity contribution in [2.24, 2.45) is 0 Å². The van der Waals surface area contributed by atoms with E-state index >= 15 is 0 Å². The highest BCUT2D eigenvalue weighted by Gasteiger charge is 2.05. The Morgan fingerprint density at radius 1 is 1.42 bits per heavy atom. The fourth-order valence-corrected chi connectivity index (χ4v) is 1.19. The van der Waals surface area contributed by atoms with Crippen LogP contribution >= 0.6 is 0 Å². The first-order chi connectivity index (χ1) is 5.84. The molecule has 0 atom stereocenters. The van der Waals surface area contributed by atoms with E-state index in [-0.39, 0.29) is 5.82 Å². The first kappa shape index (κ1) is 7.35. The average molecular weight is 163 g/mol. The smallest absolute Gasteiger partial charge is 0.123 e. The van der Waals surface area contributed by atoms with E-state index in [1.165, 1.54) is 17.8 Å². The molecule has 2 rings (SSSR count). The minimum atomic E-state index is -0.177. The van der Waals surface area contributed by atoms with Gasteiger partial charge in [0.05, 0.1) is 0 Å². The van der Waals surface area contributed by atoms with Gasteiger partial charge in [-0.1, -0.05) is 12.1 Å². The summed E-state index contributed by atoms with van der Waals surface area (Å²) in [5.41, 5.74) is 2.12. The highest BCUT2D eigenvalue weighted by molar-refractivity contribution is 5.53. The van der Waals surface area contributed by atoms with Crippen molar-refractivity contribution in [3.63, 3.8) is 0 Å². The van der Waals surface area contributed by atoms with Crippen LogP contribution in [0, 0.1) is 5.82 Å². The van der Waals surface area contributed by atoms with E-state index in [4.69, 9.17) is 0 Å². The molecule has 2 heteroatoms. The number of hydrogen-bond donors (Lipinski definition) is 1. The Labute approximate surface area is 70.9 Å². The van der Waals surface area contributed by atoms with Crippen molar-refractivity contribution >= 4 is 6.08 Å². The van der Waals surface area contributed by atoms with E-state index in [1.54, 1.807) is 6.07 Å². The van der Waals surface area contributed by atoms with Crippen LogP contribution in [0.3, 0.4) is 0 Å². The fourth-order valence-electron chi connectivity index (χ4n) is 1.19. The third kappa shape index (κ3) is 1.47.